The van der Waals surface area contributed by atoms with E-state index in [-0.39, 0.29) is 6.09 Å². The molecule has 0 unspecified atom stereocenters. The van der Waals surface area contributed by atoms with Crippen LogP contribution in [-0.4, -0.2) is 38.3 Å². The average Bonchev–Trinajstić information content (AvgIpc) is 3.49. The van der Waals surface area contributed by atoms with Crippen molar-refractivity contribution in [3.63, 3.8) is 0 Å². The number of ether oxygens (including phenoxy) is 1. The van der Waals surface area contributed by atoms with E-state index in [1.54, 1.807) is 11.1 Å². The van der Waals surface area contributed by atoms with Gasteiger partial charge in [0.15, 0.2) is 0 Å². The molecule has 1 saturated heterocycles. The van der Waals surface area contributed by atoms with Crippen LogP contribution < -0.4 is 4.90 Å². The van der Waals surface area contributed by atoms with Gasteiger partial charge in [-0.05, 0) is 69.4 Å². The summed E-state index contributed by atoms with van der Waals surface area (Å²) < 4.78 is 11.2. The third kappa shape index (κ3) is 3.37. The molecular formula is C25H25N5O3. The van der Waals surface area contributed by atoms with Crippen molar-refractivity contribution in [2.75, 3.05) is 11.4 Å². The van der Waals surface area contributed by atoms with Crippen molar-refractivity contribution in [2.45, 2.75) is 51.0 Å². The van der Waals surface area contributed by atoms with Crippen LogP contribution >= 0.6 is 0 Å². The maximum Gasteiger partial charge on any atom is 0.416 e. The molecule has 1 aliphatic carbocycles. The zero-order valence-electron chi connectivity index (χ0n) is 18.7. The average molecular weight is 444 g/mol. The summed E-state index contributed by atoms with van der Waals surface area (Å²) >= 11 is 0. The smallest absolute Gasteiger partial charge is 0.416 e. The quantitative estimate of drug-likeness (QED) is 0.462. The monoisotopic (exact) mass is 443 g/mol. The molecule has 0 bridgehead atoms. The van der Waals surface area contributed by atoms with Crippen LogP contribution in [0.25, 0.3) is 22.2 Å². The van der Waals surface area contributed by atoms with Crippen molar-refractivity contribution in [2.24, 2.45) is 0 Å². The number of aryl methyl sites for hydroxylation is 2. The van der Waals surface area contributed by atoms with Crippen LogP contribution in [0, 0.1) is 13.8 Å². The molecule has 2 fully saturated rings. The van der Waals surface area contributed by atoms with Crippen LogP contribution in [0.1, 0.15) is 48.9 Å². The van der Waals surface area contributed by atoms with E-state index >= 15 is 0 Å². The van der Waals surface area contributed by atoms with Gasteiger partial charge in [0.05, 0.1) is 23.3 Å². The van der Waals surface area contributed by atoms with Crippen LogP contribution in [0.2, 0.25) is 0 Å². The van der Waals surface area contributed by atoms with Gasteiger partial charge in [-0.15, -0.1) is 0 Å². The predicted molar refractivity (Wildman–Crippen MR) is 123 cm³/mol. The molecular weight excluding hydrogens is 418 g/mol. The molecule has 0 radical (unpaired) electrons. The molecule has 4 heterocycles. The standard InChI is InChI=1S/C25H25N5O3/c1-15-22(16(2)33-29-15)18-6-7-19-20(13-18)28-23(27-19)17-8-10-25(11-9-17)14-30(24(31)32-25)21-5-3-4-12-26-21/h3-7,12-13,17H,8-11,14H2,1-2H3,(H,27,28)/t17-,25-. The number of H-pyrrole nitrogens is 1. The fourth-order valence-corrected chi connectivity index (χ4v) is 5.26. The van der Waals surface area contributed by atoms with Gasteiger partial charge in [0.2, 0.25) is 0 Å². The van der Waals surface area contributed by atoms with Crippen molar-refractivity contribution >= 4 is 22.9 Å². The summed E-state index contributed by atoms with van der Waals surface area (Å²) in [7, 11) is 0. The highest BCUT2D eigenvalue weighted by molar-refractivity contribution is 5.89. The molecule has 4 aromatic rings. The number of rotatable bonds is 3. The minimum atomic E-state index is -0.437. The number of benzene rings is 1. The number of pyridine rings is 1. The van der Waals surface area contributed by atoms with E-state index in [0.29, 0.717) is 18.3 Å². The highest BCUT2D eigenvalue weighted by atomic mass is 16.6. The number of hydrogen-bond acceptors (Lipinski definition) is 6. The number of carbonyl (C=O) groups excluding carboxylic acids is 1. The number of aromatic amines is 1. The summed E-state index contributed by atoms with van der Waals surface area (Å²) in [6.07, 6.45) is 4.85. The minimum Gasteiger partial charge on any atom is -0.441 e. The molecule has 1 aromatic carbocycles. The number of hydrogen-bond donors (Lipinski definition) is 1. The number of nitrogens with zero attached hydrogens (tertiary/aromatic N) is 4. The third-order valence-corrected chi connectivity index (χ3v) is 7.00. The molecule has 33 heavy (non-hydrogen) atoms. The Labute approximate surface area is 191 Å². The van der Waals surface area contributed by atoms with Gasteiger partial charge < -0.3 is 14.2 Å². The van der Waals surface area contributed by atoms with Crippen LogP contribution in [0.3, 0.4) is 0 Å². The molecule has 3 aromatic heterocycles. The second-order valence-electron chi connectivity index (χ2n) is 9.15. The van der Waals surface area contributed by atoms with Crippen LogP contribution in [0.4, 0.5) is 10.6 Å². The Kier molecular flexibility index (Phi) is 4.50. The third-order valence-electron chi connectivity index (χ3n) is 7.00. The van der Waals surface area contributed by atoms with Gasteiger partial charge in [0.1, 0.15) is 23.0 Å². The fourth-order valence-electron chi connectivity index (χ4n) is 5.26. The Morgan fingerprint density at radius 3 is 2.73 bits per heavy atom. The topological polar surface area (TPSA) is 97.1 Å². The molecule has 168 valence electrons. The Hall–Kier alpha value is -3.68. The molecule has 1 spiro atoms. The summed E-state index contributed by atoms with van der Waals surface area (Å²) in [4.78, 5) is 26.9. The number of carbonyl (C=O) groups is 1. The Bertz CT molecular complexity index is 1320. The number of fused-ring (bicyclic) bond motifs is 1. The zero-order valence-corrected chi connectivity index (χ0v) is 18.7. The second-order valence-corrected chi connectivity index (χ2v) is 9.15. The van der Waals surface area contributed by atoms with Gasteiger partial charge in [-0.25, -0.2) is 14.8 Å². The van der Waals surface area contributed by atoms with Gasteiger partial charge in [-0.1, -0.05) is 17.3 Å². The lowest BCUT2D eigenvalue weighted by Crippen LogP contribution is -2.38. The largest absolute Gasteiger partial charge is 0.441 e. The molecule has 8 nitrogen and oxygen atoms in total. The van der Waals surface area contributed by atoms with Gasteiger partial charge in [-0.2, -0.15) is 0 Å². The SMILES string of the molecule is Cc1noc(C)c1-c1ccc2[nH]c([C@H]3CC[C@]4(CC3)CN(c3ccccn3)C(=O)O4)nc2c1. The summed E-state index contributed by atoms with van der Waals surface area (Å²) in [5.74, 6) is 2.77. The summed E-state index contributed by atoms with van der Waals surface area (Å²) in [6.45, 7) is 4.43. The van der Waals surface area contributed by atoms with Crippen LogP contribution in [0.15, 0.2) is 47.1 Å². The zero-order chi connectivity index (χ0) is 22.6. The van der Waals surface area contributed by atoms with Crippen molar-refractivity contribution < 1.29 is 14.1 Å². The van der Waals surface area contributed by atoms with Crippen LogP contribution in [0.5, 0.6) is 0 Å². The summed E-state index contributed by atoms with van der Waals surface area (Å²) in [6, 6.07) is 11.8. The molecule has 1 amide bonds. The van der Waals surface area contributed by atoms with Crippen molar-refractivity contribution in [3.8, 4) is 11.1 Å². The van der Waals surface area contributed by atoms with Crippen LogP contribution in [-0.2, 0) is 4.74 Å². The molecule has 1 aliphatic heterocycles. The van der Waals surface area contributed by atoms with Crippen molar-refractivity contribution in [1.29, 1.82) is 0 Å². The number of amides is 1. The van der Waals surface area contributed by atoms with Gasteiger partial charge in [-0.3, -0.25) is 4.90 Å². The summed E-state index contributed by atoms with van der Waals surface area (Å²) in [5.41, 5.74) is 4.50. The maximum absolute atomic E-state index is 12.5. The van der Waals surface area contributed by atoms with E-state index in [4.69, 9.17) is 14.2 Å². The predicted octanol–water partition coefficient (Wildman–Crippen LogP) is 5.28. The van der Waals surface area contributed by atoms with E-state index in [1.807, 2.05) is 32.0 Å². The van der Waals surface area contributed by atoms with Gasteiger partial charge in [0.25, 0.3) is 0 Å². The Morgan fingerprint density at radius 2 is 2.00 bits per heavy atom. The highest BCUT2D eigenvalue weighted by Crippen LogP contribution is 2.43. The molecule has 0 atom stereocenters. The summed E-state index contributed by atoms with van der Waals surface area (Å²) in [5, 5.41) is 4.07. The molecule has 6 rings (SSSR count). The lowest BCUT2D eigenvalue weighted by atomic mass is 9.78. The Balaban J connectivity index is 1.20. The lowest BCUT2D eigenvalue weighted by Gasteiger charge is -2.34. The maximum atomic E-state index is 12.5. The lowest BCUT2D eigenvalue weighted by molar-refractivity contribution is 0.0208. The fraction of sp³-hybridized carbons (Fsp3) is 0.360. The van der Waals surface area contributed by atoms with E-state index < -0.39 is 5.60 Å². The number of aromatic nitrogens is 4. The first kappa shape index (κ1) is 20.0. The first-order valence-corrected chi connectivity index (χ1v) is 11.4. The molecule has 1 N–H and O–H groups in total. The van der Waals surface area contributed by atoms with Crippen molar-refractivity contribution in [1.82, 2.24) is 20.1 Å². The highest BCUT2D eigenvalue weighted by Gasteiger charge is 2.48. The first-order chi connectivity index (χ1) is 16.0. The van der Waals surface area contributed by atoms with E-state index in [2.05, 4.69) is 33.3 Å². The number of nitrogens with one attached hydrogen (secondary N) is 1. The Morgan fingerprint density at radius 1 is 1.15 bits per heavy atom. The second kappa shape index (κ2) is 7.43. The first-order valence-electron chi connectivity index (χ1n) is 11.4. The molecule has 2 aliphatic rings. The number of anilines is 1. The van der Waals surface area contributed by atoms with Gasteiger partial charge in [0, 0.05) is 17.7 Å². The van der Waals surface area contributed by atoms with E-state index in [1.165, 1.54) is 0 Å². The van der Waals surface area contributed by atoms with E-state index in [0.717, 1.165) is 65.1 Å². The number of imidazole rings is 1. The van der Waals surface area contributed by atoms with Gasteiger partial charge >= 0.3 is 6.09 Å². The molecule has 8 heteroatoms. The van der Waals surface area contributed by atoms with E-state index in [9.17, 15) is 4.79 Å². The normalized spacial score (nSPS) is 22.9. The van der Waals surface area contributed by atoms with Crippen molar-refractivity contribution in [3.05, 3.63) is 59.9 Å². The minimum absolute atomic E-state index is 0.303. The molecule has 1 saturated carbocycles.